The number of nitrogens with one attached hydrogen (secondary N) is 2. The molecule has 0 radical (unpaired) electrons. The number of carbonyl (C=O) groups excluding carboxylic acids is 1. The van der Waals surface area contributed by atoms with Gasteiger partial charge in [-0.2, -0.15) is 0 Å². The molecule has 1 aromatic heterocycles. The van der Waals surface area contributed by atoms with E-state index in [1.165, 1.54) is 18.0 Å². The number of aromatic nitrogens is 2. The molecule has 3 rings (SSSR count). The van der Waals surface area contributed by atoms with Crippen molar-refractivity contribution in [1.29, 1.82) is 0 Å². The number of aryl methyl sites for hydroxylation is 2. The lowest BCUT2D eigenvalue weighted by atomic mass is 10.1. The van der Waals surface area contributed by atoms with Crippen LogP contribution in [-0.4, -0.2) is 15.9 Å². The van der Waals surface area contributed by atoms with E-state index in [-0.39, 0.29) is 5.91 Å². The lowest BCUT2D eigenvalue weighted by Gasteiger charge is -2.09. The van der Waals surface area contributed by atoms with Crippen LogP contribution in [0.2, 0.25) is 5.02 Å². The summed E-state index contributed by atoms with van der Waals surface area (Å²) in [5.74, 6) is 0.226. The Labute approximate surface area is 157 Å². The van der Waals surface area contributed by atoms with Gasteiger partial charge in [-0.15, -0.1) is 0 Å². The molecule has 0 fully saturated rings. The van der Waals surface area contributed by atoms with E-state index in [1.54, 1.807) is 12.1 Å². The number of amides is 1. The molecule has 1 heterocycles. The number of hydrogen-bond acceptors (Lipinski definition) is 4. The zero-order chi connectivity index (χ0) is 18.5. The monoisotopic (exact) mass is 366 g/mol. The van der Waals surface area contributed by atoms with Crippen molar-refractivity contribution in [2.45, 2.75) is 20.4 Å². The van der Waals surface area contributed by atoms with Crippen molar-refractivity contribution in [3.05, 3.63) is 82.1 Å². The molecule has 132 valence electrons. The van der Waals surface area contributed by atoms with E-state index < -0.39 is 0 Å². The fraction of sp³-hybridized carbons (Fsp3) is 0.150. The van der Waals surface area contributed by atoms with Crippen LogP contribution < -0.4 is 10.6 Å². The van der Waals surface area contributed by atoms with E-state index >= 15 is 0 Å². The van der Waals surface area contributed by atoms with Crippen LogP contribution in [0.25, 0.3) is 0 Å². The highest BCUT2D eigenvalue weighted by Gasteiger charge is 2.08. The third kappa shape index (κ3) is 4.58. The summed E-state index contributed by atoms with van der Waals surface area (Å²) in [7, 11) is 0. The highest BCUT2D eigenvalue weighted by atomic mass is 35.5. The average molecular weight is 367 g/mol. The molecule has 0 atom stereocenters. The number of nitrogens with zero attached hydrogens (tertiary/aromatic N) is 2. The van der Waals surface area contributed by atoms with Gasteiger partial charge in [0.25, 0.3) is 5.91 Å². The third-order valence-corrected chi connectivity index (χ3v) is 4.16. The van der Waals surface area contributed by atoms with Gasteiger partial charge in [0, 0.05) is 29.6 Å². The second-order valence-electron chi connectivity index (χ2n) is 6.05. The molecular weight excluding hydrogens is 348 g/mol. The third-order valence-electron chi connectivity index (χ3n) is 3.91. The minimum Gasteiger partial charge on any atom is -0.348 e. The molecule has 0 saturated carbocycles. The van der Waals surface area contributed by atoms with Crippen LogP contribution >= 0.6 is 11.6 Å². The van der Waals surface area contributed by atoms with Crippen LogP contribution in [-0.2, 0) is 6.54 Å². The Bertz CT molecular complexity index is 908. The zero-order valence-electron chi connectivity index (χ0n) is 14.6. The first-order chi connectivity index (χ1) is 12.5. The first kappa shape index (κ1) is 17.9. The first-order valence-electron chi connectivity index (χ1n) is 8.20. The maximum Gasteiger partial charge on any atom is 0.254 e. The predicted molar refractivity (Wildman–Crippen MR) is 104 cm³/mol. The summed E-state index contributed by atoms with van der Waals surface area (Å²) in [5.41, 5.74) is 4.62. The van der Waals surface area contributed by atoms with E-state index in [4.69, 9.17) is 11.6 Å². The normalized spacial score (nSPS) is 10.4. The lowest BCUT2D eigenvalue weighted by molar-refractivity contribution is 0.0950. The first-order valence-corrected chi connectivity index (χ1v) is 8.58. The fourth-order valence-corrected chi connectivity index (χ4v) is 2.60. The minimum atomic E-state index is -0.224. The van der Waals surface area contributed by atoms with Crippen molar-refractivity contribution < 1.29 is 4.79 Å². The van der Waals surface area contributed by atoms with E-state index in [0.29, 0.717) is 23.1 Å². The molecule has 0 spiro atoms. The minimum absolute atomic E-state index is 0.224. The summed E-state index contributed by atoms with van der Waals surface area (Å²) in [6, 6.07) is 13.4. The summed E-state index contributed by atoms with van der Waals surface area (Å²) >= 11 is 5.85. The number of anilines is 2. The summed E-state index contributed by atoms with van der Waals surface area (Å²) in [5, 5.41) is 6.67. The summed E-state index contributed by atoms with van der Waals surface area (Å²) in [6.45, 7) is 4.48. The van der Waals surface area contributed by atoms with Gasteiger partial charge in [-0.05, 0) is 43.2 Å². The van der Waals surface area contributed by atoms with Gasteiger partial charge in [0.1, 0.15) is 0 Å². The molecule has 0 bridgehead atoms. The molecule has 0 aliphatic heterocycles. The molecule has 6 heteroatoms. The van der Waals surface area contributed by atoms with Gasteiger partial charge in [-0.3, -0.25) is 4.79 Å². The van der Waals surface area contributed by atoms with Crippen molar-refractivity contribution in [2.75, 3.05) is 5.32 Å². The molecule has 5 nitrogen and oxygen atoms in total. The Balaban J connectivity index is 1.61. The van der Waals surface area contributed by atoms with Crippen molar-refractivity contribution in [2.24, 2.45) is 0 Å². The summed E-state index contributed by atoms with van der Waals surface area (Å²) in [4.78, 5) is 20.7. The van der Waals surface area contributed by atoms with Crippen molar-refractivity contribution in [3.8, 4) is 0 Å². The Hall–Kier alpha value is -2.92. The SMILES string of the molecule is Cc1ccc(Nc2ncc(C(=O)NCc3ccc(Cl)cc3)cn2)c(C)c1. The van der Waals surface area contributed by atoms with Gasteiger partial charge in [0.2, 0.25) is 5.95 Å². The van der Waals surface area contributed by atoms with Gasteiger partial charge < -0.3 is 10.6 Å². The van der Waals surface area contributed by atoms with E-state index in [2.05, 4.69) is 26.7 Å². The van der Waals surface area contributed by atoms with E-state index in [9.17, 15) is 4.79 Å². The average Bonchev–Trinajstić information content (AvgIpc) is 2.64. The molecular formula is C20H19ClN4O. The van der Waals surface area contributed by atoms with Crippen LogP contribution in [0.4, 0.5) is 11.6 Å². The highest BCUT2D eigenvalue weighted by Crippen LogP contribution is 2.19. The second-order valence-corrected chi connectivity index (χ2v) is 6.48. The second kappa shape index (κ2) is 7.97. The molecule has 0 aliphatic carbocycles. The maximum atomic E-state index is 12.2. The molecule has 0 saturated heterocycles. The molecule has 0 aliphatic rings. The Kier molecular flexibility index (Phi) is 5.49. The molecule has 2 N–H and O–H groups in total. The Morgan fingerprint density at radius 1 is 1.04 bits per heavy atom. The van der Waals surface area contributed by atoms with Crippen LogP contribution in [0.1, 0.15) is 27.0 Å². The molecule has 2 aromatic carbocycles. The van der Waals surface area contributed by atoms with Crippen LogP contribution in [0.5, 0.6) is 0 Å². The topological polar surface area (TPSA) is 66.9 Å². The number of carbonyl (C=O) groups is 1. The maximum absolute atomic E-state index is 12.2. The van der Waals surface area contributed by atoms with E-state index in [0.717, 1.165) is 16.8 Å². The number of hydrogen-bond donors (Lipinski definition) is 2. The Morgan fingerprint density at radius 3 is 2.38 bits per heavy atom. The van der Waals surface area contributed by atoms with Gasteiger partial charge in [0.15, 0.2) is 0 Å². The molecule has 0 unspecified atom stereocenters. The highest BCUT2D eigenvalue weighted by molar-refractivity contribution is 6.30. The van der Waals surface area contributed by atoms with Crippen LogP contribution in [0.3, 0.4) is 0 Å². The number of halogens is 1. The predicted octanol–water partition coefficient (Wildman–Crippen LogP) is 4.42. The van der Waals surface area contributed by atoms with Gasteiger partial charge >= 0.3 is 0 Å². The van der Waals surface area contributed by atoms with E-state index in [1.807, 2.05) is 38.1 Å². The Morgan fingerprint density at radius 2 is 1.73 bits per heavy atom. The fourth-order valence-electron chi connectivity index (χ4n) is 2.47. The summed E-state index contributed by atoms with van der Waals surface area (Å²) < 4.78 is 0. The van der Waals surface area contributed by atoms with Crippen molar-refractivity contribution >= 4 is 29.1 Å². The van der Waals surface area contributed by atoms with Crippen LogP contribution in [0.15, 0.2) is 54.9 Å². The van der Waals surface area contributed by atoms with Crippen molar-refractivity contribution in [3.63, 3.8) is 0 Å². The largest absolute Gasteiger partial charge is 0.348 e. The van der Waals surface area contributed by atoms with Gasteiger partial charge in [-0.1, -0.05) is 41.4 Å². The zero-order valence-corrected chi connectivity index (χ0v) is 15.3. The number of benzene rings is 2. The summed E-state index contributed by atoms with van der Waals surface area (Å²) in [6.07, 6.45) is 3.02. The molecule has 3 aromatic rings. The van der Waals surface area contributed by atoms with Crippen molar-refractivity contribution in [1.82, 2.24) is 15.3 Å². The standard InChI is InChI=1S/C20H19ClN4O/c1-13-3-8-18(14(2)9-13)25-20-23-11-16(12-24-20)19(26)22-10-15-4-6-17(21)7-5-15/h3-9,11-12H,10H2,1-2H3,(H,22,26)(H,23,24,25). The lowest BCUT2D eigenvalue weighted by Crippen LogP contribution is -2.23. The van der Waals surface area contributed by atoms with Gasteiger partial charge in [0.05, 0.1) is 5.56 Å². The number of rotatable bonds is 5. The quantitative estimate of drug-likeness (QED) is 0.701. The smallest absolute Gasteiger partial charge is 0.254 e. The van der Waals surface area contributed by atoms with Gasteiger partial charge in [-0.25, -0.2) is 9.97 Å². The molecule has 26 heavy (non-hydrogen) atoms. The molecule has 1 amide bonds. The van der Waals surface area contributed by atoms with Crippen LogP contribution in [0, 0.1) is 13.8 Å².